The van der Waals surface area contributed by atoms with Gasteiger partial charge < -0.3 is 10.1 Å². The molecule has 0 aliphatic carbocycles. The van der Waals surface area contributed by atoms with E-state index in [2.05, 4.69) is 23.0 Å². The first-order chi connectivity index (χ1) is 7.22. The largest absolute Gasteiger partial charge is 0.375 e. The Morgan fingerprint density at radius 3 is 2.73 bits per heavy atom. The van der Waals surface area contributed by atoms with Gasteiger partial charge in [-0.3, -0.25) is 4.99 Å². The monoisotopic (exact) mass is 204 g/mol. The molecular formula is C12H16N2O. The van der Waals surface area contributed by atoms with Crippen LogP contribution in [0.3, 0.4) is 0 Å². The summed E-state index contributed by atoms with van der Waals surface area (Å²) in [5, 5.41) is 3.26. The van der Waals surface area contributed by atoms with Gasteiger partial charge in [-0.25, -0.2) is 0 Å². The number of hydrogen-bond donors (Lipinski definition) is 1. The van der Waals surface area contributed by atoms with Crippen LogP contribution in [0, 0.1) is 0 Å². The third-order valence-electron chi connectivity index (χ3n) is 2.74. The lowest BCUT2D eigenvalue weighted by Crippen LogP contribution is -2.54. The van der Waals surface area contributed by atoms with Gasteiger partial charge >= 0.3 is 0 Å². The summed E-state index contributed by atoms with van der Waals surface area (Å²) in [6.45, 7) is 9.08. The van der Waals surface area contributed by atoms with E-state index < -0.39 is 0 Å². The first-order valence-electron chi connectivity index (χ1n) is 5.13. The Morgan fingerprint density at radius 2 is 2.27 bits per heavy atom. The van der Waals surface area contributed by atoms with Gasteiger partial charge in [0.2, 0.25) is 0 Å². The van der Waals surface area contributed by atoms with E-state index in [0.29, 0.717) is 13.2 Å². The van der Waals surface area contributed by atoms with Crippen molar-refractivity contribution in [3.63, 3.8) is 0 Å². The van der Waals surface area contributed by atoms with Gasteiger partial charge in [-0.2, -0.15) is 0 Å². The van der Waals surface area contributed by atoms with Crippen LogP contribution >= 0.6 is 0 Å². The molecule has 80 valence electrons. The highest BCUT2D eigenvalue weighted by atomic mass is 16.5. The van der Waals surface area contributed by atoms with E-state index >= 15 is 0 Å². The smallest absolute Gasteiger partial charge is 0.136 e. The Labute approximate surface area is 90.2 Å². The molecule has 1 spiro atoms. The molecule has 0 aromatic carbocycles. The summed E-state index contributed by atoms with van der Waals surface area (Å²) >= 11 is 0. The number of ether oxygens (including phenoxy) is 1. The maximum atomic E-state index is 5.30. The van der Waals surface area contributed by atoms with Crippen molar-refractivity contribution >= 4 is 5.84 Å². The molecule has 1 N–H and O–H groups in total. The number of aliphatic imine (C=N–C) groups is 1. The van der Waals surface area contributed by atoms with Crippen LogP contribution in [0.5, 0.6) is 0 Å². The van der Waals surface area contributed by atoms with Gasteiger partial charge in [-0.15, -0.1) is 0 Å². The van der Waals surface area contributed by atoms with E-state index in [4.69, 9.17) is 4.74 Å². The van der Waals surface area contributed by atoms with Crippen LogP contribution in [0.25, 0.3) is 0 Å². The summed E-state index contributed by atoms with van der Waals surface area (Å²) in [5.74, 6) is 0.951. The molecule has 0 aromatic heterocycles. The van der Waals surface area contributed by atoms with E-state index in [0.717, 1.165) is 11.5 Å². The number of nitrogens with one attached hydrogen (secondary N) is 1. The van der Waals surface area contributed by atoms with Gasteiger partial charge in [0.1, 0.15) is 5.54 Å². The van der Waals surface area contributed by atoms with E-state index in [1.54, 1.807) is 6.08 Å². The van der Waals surface area contributed by atoms with Crippen molar-refractivity contribution in [1.82, 2.24) is 5.32 Å². The summed E-state index contributed by atoms with van der Waals surface area (Å²) < 4.78 is 5.30. The van der Waals surface area contributed by atoms with Gasteiger partial charge in [0, 0.05) is 11.3 Å². The fourth-order valence-corrected chi connectivity index (χ4v) is 2.03. The summed E-state index contributed by atoms with van der Waals surface area (Å²) in [7, 11) is 0. The standard InChI is InChI=1S/C12H16N2O/c1-4-6-10-11(5-2)13-9(3)14-12(10)7-15-8-12/h4-6H,1,7-8H2,2-3H3,(H,13,14)/b10-6+,11-5+. The number of amidine groups is 1. The maximum absolute atomic E-state index is 5.30. The topological polar surface area (TPSA) is 33.6 Å². The Balaban J connectivity index is 2.47. The Kier molecular flexibility index (Phi) is 2.49. The Morgan fingerprint density at radius 1 is 1.53 bits per heavy atom. The molecule has 0 aromatic rings. The lowest BCUT2D eigenvalue weighted by atomic mass is 9.84. The summed E-state index contributed by atoms with van der Waals surface area (Å²) in [6.07, 6.45) is 5.88. The lowest BCUT2D eigenvalue weighted by Gasteiger charge is -2.43. The first kappa shape index (κ1) is 10.2. The number of hydrogen-bond acceptors (Lipinski definition) is 3. The quantitative estimate of drug-likeness (QED) is 0.706. The average molecular weight is 204 g/mol. The van der Waals surface area contributed by atoms with Crippen molar-refractivity contribution in [2.45, 2.75) is 19.4 Å². The van der Waals surface area contributed by atoms with Crippen molar-refractivity contribution in [2.24, 2.45) is 4.99 Å². The zero-order valence-electron chi connectivity index (χ0n) is 9.21. The fourth-order valence-electron chi connectivity index (χ4n) is 2.03. The van der Waals surface area contributed by atoms with Crippen molar-refractivity contribution in [1.29, 1.82) is 0 Å². The second-order valence-electron chi connectivity index (χ2n) is 3.86. The molecule has 1 saturated heterocycles. The van der Waals surface area contributed by atoms with Crippen LogP contribution < -0.4 is 5.32 Å². The number of nitrogens with zero attached hydrogens (tertiary/aromatic N) is 1. The van der Waals surface area contributed by atoms with Crippen LogP contribution in [0.2, 0.25) is 0 Å². The Hall–Kier alpha value is -1.35. The molecule has 0 atom stereocenters. The zero-order valence-corrected chi connectivity index (χ0v) is 9.21. The summed E-state index contributed by atoms with van der Waals surface area (Å²) in [6, 6.07) is 0. The highest BCUT2D eigenvalue weighted by Crippen LogP contribution is 2.36. The van der Waals surface area contributed by atoms with E-state index in [1.165, 1.54) is 5.57 Å². The minimum Gasteiger partial charge on any atom is -0.375 e. The maximum Gasteiger partial charge on any atom is 0.136 e. The van der Waals surface area contributed by atoms with Gasteiger partial charge in [0.15, 0.2) is 0 Å². The molecule has 3 heteroatoms. The molecule has 0 amide bonds. The van der Waals surface area contributed by atoms with E-state index in [-0.39, 0.29) is 5.54 Å². The molecule has 1 fully saturated rings. The first-order valence-corrected chi connectivity index (χ1v) is 5.13. The highest BCUT2D eigenvalue weighted by molar-refractivity contribution is 5.85. The molecule has 2 aliphatic heterocycles. The normalized spacial score (nSPS) is 28.5. The summed E-state index contributed by atoms with van der Waals surface area (Å²) in [4.78, 5) is 4.64. The van der Waals surface area contributed by atoms with Gasteiger partial charge in [-0.1, -0.05) is 24.8 Å². The number of rotatable bonds is 1. The van der Waals surface area contributed by atoms with Crippen molar-refractivity contribution < 1.29 is 4.74 Å². The molecule has 2 rings (SSSR count). The third-order valence-corrected chi connectivity index (χ3v) is 2.74. The van der Waals surface area contributed by atoms with Crippen molar-refractivity contribution in [3.8, 4) is 0 Å². The Bertz CT molecular complexity index is 373. The molecule has 15 heavy (non-hydrogen) atoms. The molecule has 2 heterocycles. The molecule has 0 unspecified atom stereocenters. The molecule has 2 aliphatic rings. The van der Waals surface area contributed by atoms with Crippen molar-refractivity contribution in [2.75, 3.05) is 13.2 Å². The minimum absolute atomic E-state index is 0.161. The highest BCUT2D eigenvalue weighted by Gasteiger charge is 2.45. The minimum atomic E-state index is -0.161. The SMILES string of the molecule is C=C/C=C1\C(=C/C)NC(C)=NC12COC2. The second kappa shape index (κ2) is 3.66. The molecule has 0 saturated carbocycles. The van der Waals surface area contributed by atoms with E-state index in [9.17, 15) is 0 Å². The van der Waals surface area contributed by atoms with E-state index in [1.807, 2.05) is 19.9 Å². The summed E-state index contributed by atoms with van der Waals surface area (Å²) in [5.41, 5.74) is 2.13. The van der Waals surface area contributed by atoms with Gasteiger partial charge in [0.05, 0.1) is 19.0 Å². The third kappa shape index (κ3) is 1.53. The number of allylic oxidation sites excluding steroid dienone is 3. The van der Waals surface area contributed by atoms with Gasteiger partial charge in [0.25, 0.3) is 0 Å². The molecular weight excluding hydrogens is 188 g/mol. The van der Waals surface area contributed by atoms with Crippen LogP contribution in [0.1, 0.15) is 13.8 Å². The molecule has 0 radical (unpaired) electrons. The van der Waals surface area contributed by atoms with Crippen LogP contribution in [-0.4, -0.2) is 24.6 Å². The second-order valence-corrected chi connectivity index (χ2v) is 3.86. The predicted molar refractivity (Wildman–Crippen MR) is 61.8 cm³/mol. The fraction of sp³-hybridized carbons (Fsp3) is 0.417. The van der Waals surface area contributed by atoms with Crippen molar-refractivity contribution in [3.05, 3.63) is 36.1 Å². The average Bonchev–Trinajstić information content (AvgIpc) is 2.17. The van der Waals surface area contributed by atoms with Crippen LogP contribution in [-0.2, 0) is 4.74 Å². The predicted octanol–water partition coefficient (Wildman–Crippen LogP) is 1.79. The zero-order chi connectivity index (χ0) is 10.9. The molecule has 0 bridgehead atoms. The lowest BCUT2D eigenvalue weighted by molar-refractivity contribution is -0.0328. The molecule has 3 nitrogen and oxygen atoms in total. The van der Waals surface area contributed by atoms with Crippen LogP contribution in [0.4, 0.5) is 0 Å². The van der Waals surface area contributed by atoms with Crippen LogP contribution in [0.15, 0.2) is 41.1 Å². The van der Waals surface area contributed by atoms with Gasteiger partial charge in [-0.05, 0) is 13.8 Å².